The van der Waals surface area contributed by atoms with Crippen LogP contribution in [-0.4, -0.2) is 4.57 Å². The molecule has 2 heterocycles. The summed E-state index contributed by atoms with van der Waals surface area (Å²) in [5, 5.41) is 9.67. The van der Waals surface area contributed by atoms with E-state index in [1.807, 2.05) is 6.07 Å². The second kappa shape index (κ2) is 15.0. The van der Waals surface area contributed by atoms with Gasteiger partial charge < -0.3 is 13.9 Å². The molecule has 0 amide bonds. The number of fused-ring (bicyclic) bond motifs is 9. The highest BCUT2D eigenvalue weighted by Crippen LogP contribution is 2.43. The maximum absolute atomic E-state index is 6.52. The number of hydrogen-bond acceptors (Lipinski definition) is 2. The van der Waals surface area contributed by atoms with Crippen LogP contribution >= 0.6 is 0 Å². The van der Waals surface area contributed by atoms with Crippen molar-refractivity contribution in [3.63, 3.8) is 0 Å². The van der Waals surface area contributed by atoms with Crippen LogP contribution in [0.3, 0.4) is 0 Å². The highest BCUT2D eigenvalue weighted by molar-refractivity contribution is 6.16. The Hall–Kier alpha value is -8.66. The molecule has 0 spiro atoms. The number of benzene rings is 11. The van der Waals surface area contributed by atoms with Crippen molar-refractivity contribution >= 4 is 82.4 Å². The zero-order chi connectivity index (χ0) is 42.8. The lowest BCUT2D eigenvalue weighted by Crippen LogP contribution is -2.09. The second-order valence-corrected chi connectivity index (χ2v) is 16.9. The minimum absolute atomic E-state index is 0.889. The van der Waals surface area contributed by atoms with Gasteiger partial charge in [-0.1, -0.05) is 170 Å². The van der Waals surface area contributed by atoms with Crippen molar-refractivity contribution in [2.75, 3.05) is 4.90 Å². The molecule has 0 N–H and O–H groups in total. The van der Waals surface area contributed by atoms with Gasteiger partial charge in [0.2, 0.25) is 0 Å². The van der Waals surface area contributed by atoms with Crippen LogP contribution in [0.1, 0.15) is 0 Å². The monoisotopic (exact) mass is 828 g/mol. The van der Waals surface area contributed by atoms with E-state index < -0.39 is 0 Å². The Balaban J connectivity index is 0.922. The topological polar surface area (TPSA) is 21.3 Å². The lowest BCUT2D eigenvalue weighted by molar-refractivity contribution is 0.670. The van der Waals surface area contributed by atoms with Crippen LogP contribution < -0.4 is 4.90 Å². The maximum Gasteiger partial charge on any atom is 0.143 e. The maximum atomic E-state index is 6.52. The molecule has 0 radical (unpaired) electrons. The number of furan rings is 1. The first-order valence-electron chi connectivity index (χ1n) is 22.2. The molecular weight excluding hydrogens is 789 g/mol. The van der Waals surface area contributed by atoms with E-state index in [1.54, 1.807) is 0 Å². The zero-order valence-corrected chi connectivity index (χ0v) is 35.4. The van der Waals surface area contributed by atoms with Crippen molar-refractivity contribution < 1.29 is 4.42 Å². The molecule has 2 aromatic heterocycles. The van der Waals surface area contributed by atoms with Crippen LogP contribution in [0.25, 0.3) is 104 Å². The van der Waals surface area contributed by atoms with E-state index in [9.17, 15) is 0 Å². The van der Waals surface area contributed by atoms with Gasteiger partial charge in [-0.2, -0.15) is 0 Å². The van der Waals surface area contributed by atoms with E-state index in [1.165, 1.54) is 54.5 Å². The molecule has 11 aromatic carbocycles. The number of nitrogens with zero attached hydrogens (tertiary/aromatic N) is 2. The van der Waals surface area contributed by atoms with E-state index in [0.29, 0.717) is 0 Å². The summed E-state index contributed by atoms with van der Waals surface area (Å²) in [5.41, 5.74) is 15.6. The fourth-order valence-electron chi connectivity index (χ4n) is 10.1. The molecule has 0 bridgehead atoms. The average Bonchev–Trinajstić information content (AvgIpc) is 3.93. The number of anilines is 3. The summed E-state index contributed by atoms with van der Waals surface area (Å²) in [5.74, 6) is 0. The van der Waals surface area contributed by atoms with Gasteiger partial charge in [0.05, 0.1) is 11.0 Å². The first-order chi connectivity index (χ1) is 32.2. The van der Waals surface area contributed by atoms with Gasteiger partial charge in [0.15, 0.2) is 0 Å². The molecule has 0 saturated carbocycles. The van der Waals surface area contributed by atoms with Gasteiger partial charge in [-0.25, -0.2) is 0 Å². The molecule has 0 unspecified atom stereocenters. The third-order valence-electron chi connectivity index (χ3n) is 13.2. The predicted octanol–water partition coefficient (Wildman–Crippen LogP) is 17.5. The first kappa shape index (κ1) is 36.9. The summed E-state index contributed by atoms with van der Waals surface area (Å²) >= 11 is 0. The molecule has 0 atom stereocenters. The number of aromatic nitrogens is 1. The highest BCUT2D eigenvalue weighted by Gasteiger charge is 2.19. The van der Waals surface area contributed by atoms with Gasteiger partial charge in [0, 0.05) is 49.9 Å². The van der Waals surface area contributed by atoms with Gasteiger partial charge >= 0.3 is 0 Å². The van der Waals surface area contributed by atoms with E-state index in [4.69, 9.17) is 4.42 Å². The Morgan fingerprint density at radius 1 is 0.323 bits per heavy atom. The third kappa shape index (κ3) is 6.12. The molecular formula is C62H40N2O. The van der Waals surface area contributed by atoms with E-state index in [-0.39, 0.29) is 0 Å². The highest BCUT2D eigenvalue weighted by atomic mass is 16.3. The quantitative estimate of drug-likeness (QED) is 0.149. The zero-order valence-electron chi connectivity index (χ0n) is 35.4. The van der Waals surface area contributed by atoms with E-state index in [2.05, 4.69) is 246 Å². The van der Waals surface area contributed by atoms with Crippen LogP contribution in [0.15, 0.2) is 247 Å². The van der Waals surface area contributed by atoms with Crippen LogP contribution in [-0.2, 0) is 0 Å². The van der Waals surface area contributed by atoms with Crippen molar-refractivity contribution in [2.24, 2.45) is 0 Å². The molecule has 0 aliphatic heterocycles. The Kier molecular flexibility index (Phi) is 8.53. The molecule has 13 rings (SSSR count). The number of para-hydroxylation sites is 3. The summed E-state index contributed by atoms with van der Waals surface area (Å²) in [6.07, 6.45) is 0. The molecule has 65 heavy (non-hydrogen) atoms. The predicted molar refractivity (Wildman–Crippen MR) is 274 cm³/mol. The Morgan fingerprint density at radius 2 is 0.892 bits per heavy atom. The Labute approximate surface area is 376 Å². The largest absolute Gasteiger partial charge is 0.455 e. The molecule has 0 fully saturated rings. The SMILES string of the molecule is c1ccc(-c2cccc3c2oc2ccc(-c4ccc(N(c5ccc(-c6cccc7c6c6ccccc6n7-c6ccccc6)cc5)c5ccc6ccc7ccccc7c6c5)cc4)cc23)cc1. The molecule has 304 valence electrons. The van der Waals surface area contributed by atoms with Crippen molar-refractivity contribution in [3.05, 3.63) is 243 Å². The van der Waals surface area contributed by atoms with Crippen molar-refractivity contribution in [1.29, 1.82) is 0 Å². The van der Waals surface area contributed by atoms with Gasteiger partial charge in [0.1, 0.15) is 11.2 Å². The van der Waals surface area contributed by atoms with Crippen molar-refractivity contribution in [1.82, 2.24) is 4.57 Å². The summed E-state index contributed by atoms with van der Waals surface area (Å²) in [4.78, 5) is 2.38. The lowest BCUT2D eigenvalue weighted by Gasteiger charge is -2.26. The molecule has 13 aromatic rings. The standard InChI is InChI=1S/C62H40N2O/c1-3-13-42(14-4-1)53-21-11-22-54-57-39-46(32-38-60(57)65-62(53)54)41-27-33-48(34-28-41)63(50-37-31-45-26-25-43-15-7-8-18-51(43)56(45)40-50)49-35-29-44(30-36-49)52-20-12-24-59-61(52)55-19-9-10-23-58(55)64(59)47-16-5-2-6-17-47/h1-40H. The fraction of sp³-hybridized carbons (Fsp3) is 0. The van der Waals surface area contributed by atoms with Gasteiger partial charge in [-0.15, -0.1) is 0 Å². The number of rotatable bonds is 7. The first-order valence-corrected chi connectivity index (χ1v) is 22.2. The van der Waals surface area contributed by atoms with E-state index >= 15 is 0 Å². The Morgan fingerprint density at radius 3 is 1.69 bits per heavy atom. The summed E-state index contributed by atoms with van der Waals surface area (Å²) < 4.78 is 8.91. The lowest BCUT2D eigenvalue weighted by atomic mass is 9.98. The van der Waals surface area contributed by atoms with Crippen LogP contribution in [0.5, 0.6) is 0 Å². The smallest absolute Gasteiger partial charge is 0.143 e. The number of hydrogen-bond donors (Lipinski definition) is 0. The van der Waals surface area contributed by atoms with Gasteiger partial charge in [-0.05, 0) is 122 Å². The summed E-state index contributed by atoms with van der Waals surface area (Å²) in [6.45, 7) is 0. The van der Waals surface area contributed by atoms with Crippen LogP contribution in [0.4, 0.5) is 17.1 Å². The molecule has 3 heteroatoms. The fourth-order valence-corrected chi connectivity index (χ4v) is 10.1. The van der Waals surface area contributed by atoms with Crippen molar-refractivity contribution in [2.45, 2.75) is 0 Å². The minimum atomic E-state index is 0.889. The van der Waals surface area contributed by atoms with Crippen molar-refractivity contribution in [3.8, 4) is 39.1 Å². The van der Waals surface area contributed by atoms with Crippen LogP contribution in [0.2, 0.25) is 0 Å². The summed E-state index contributed by atoms with van der Waals surface area (Å²) in [6, 6.07) is 87.6. The normalized spacial score (nSPS) is 11.7. The molecule has 0 saturated heterocycles. The van der Waals surface area contributed by atoms with Gasteiger partial charge in [-0.3, -0.25) is 0 Å². The molecule has 0 aliphatic carbocycles. The third-order valence-corrected chi connectivity index (χ3v) is 13.2. The van der Waals surface area contributed by atoms with Gasteiger partial charge in [0.25, 0.3) is 0 Å². The Bertz CT molecular complexity index is 3920. The van der Waals surface area contributed by atoms with E-state index in [0.717, 1.165) is 66.9 Å². The average molecular weight is 829 g/mol. The second-order valence-electron chi connectivity index (χ2n) is 16.9. The molecule has 3 nitrogen and oxygen atoms in total. The molecule has 0 aliphatic rings. The minimum Gasteiger partial charge on any atom is -0.455 e. The van der Waals surface area contributed by atoms with Crippen LogP contribution in [0, 0.1) is 0 Å². The summed E-state index contributed by atoms with van der Waals surface area (Å²) in [7, 11) is 0.